The van der Waals surface area contributed by atoms with Gasteiger partial charge in [0.25, 0.3) is 0 Å². The van der Waals surface area contributed by atoms with Gasteiger partial charge in [0.2, 0.25) is 0 Å². The lowest BCUT2D eigenvalue weighted by Gasteiger charge is -2.30. The fraction of sp³-hybridized carbons (Fsp3) is 0.667. The molecule has 1 heterocycles. The SMILES string of the molecule is CCCc1c(NC)ncnc1NC(CO)(CO)CO. The van der Waals surface area contributed by atoms with Crippen molar-refractivity contribution in [1.82, 2.24) is 9.97 Å². The minimum absolute atomic E-state index is 0.398. The van der Waals surface area contributed by atoms with Gasteiger partial charge in [-0.2, -0.15) is 0 Å². The molecule has 1 aromatic heterocycles. The third-order valence-electron chi connectivity index (χ3n) is 2.97. The zero-order chi connectivity index (χ0) is 14.3. The van der Waals surface area contributed by atoms with Crippen LogP contribution in [0.3, 0.4) is 0 Å². The summed E-state index contributed by atoms with van der Waals surface area (Å²) in [6.45, 7) is 0.840. The molecule has 0 unspecified atom stereocenters. The summed E-state index contributed by atoms with van der Waals surface area (Å²) >= 11 is 0. The Morgan fingerprint density at radius 3 is 2.16 bits per heavy atom. The van der Waals surface area contributed by atoms with Gasteiger partial charge in [0.05, 0.1) is 19.8 Å². The van der Waals surface area contributed by atoms with Crippen molar-refractivity contribution < 1.29 is 15.3 Å². The Kier molecular flexibility index (Phi) is 5.94. The van der Waals surface area contributed by atoms with Crippen molar-refractivity contribution in [3.8, 4) is 0 Å². The maximum atomic E-state index is 9.34. The van der Waals surface area contributed by atoms with Crippen LogP contribution in [0.5, 0.6) is 0 Å². The molecule has 1 aromatic rings. The first kappa shape index (κ1) is 15.6. The van der Waals surface area contributed by atoms with E-state index in [1.54, 1.807) is 7.05 Å². The Hall–Kier alpha value is -1.44. The zero-order valence-electron chi connectivity index (χ0n) is 11.3. The van der Waals surface area contributed by atoms with E-state index in [0.717, 1.165) is 18.4 Å². The molecule has 0 saturated carbocycles. The van der Waals surface area contributed by atoms with Gasteiger partial charge >= 0.3 is 0 Å². The topological polar surface area (TPSA) is 111 Å². The molecule has 19 heavy (non-hydrogen) atoms. The minimum atomic E-state index is -1.19. The van der Waals surface area contributed by atoms with Crippen LogP contribution in [-0.4, -0.2) is 57.7 Å². The van der Waals surface area contributed by atoms with E-state index in [1.165, 1.54) is 6.33 Å². The monoisotopic (exact) mass is 270 g/mol. The van der Waals surface area contributed by atoms with Gasteiger partial charge in [-0.15, -0.1) is 0 Å². The van der Waals surface area contributed by atoms with E-state index in [9.17, 15) is 15.3 Å². The molecule has 0 bridgehead atoms. The number of aliphatic hydroxyl groups excluding tert-OH is 3. The van der Waals surface area contributed by atoms with E-state index >= 15 is 0 Å². The van der Waals surface area contributed by atoms with Crippen molar-refractivity contribution in [1.29, 1.82) is 0 Å². The predicted molar refractivity (Wildman–Crippen MR) is 73.2 cm³/mol. The fourth-order valence-corrected chi connectivity index (χ4v) is 1.74. The summed E-state index contributed by atoms with van der Waals surface area (Å²) in [5, 5.41) is 33.9. The molecule has 0 radical (unpaired) electrons. The first-order chi connectivity index (χ1) is 9.16. The Morgan fingerprint density at radius 2 is 1.68 bits per heavy atom. The van der Waals surface area contributed by atoms with Gasteiger partial charge in [-0.05, 0) is 6.42 Å². The fourth-order valence-electron chi connectivity index (χ4n) is 1.74. The molecule has 7 nitrogen and oxygen atoms in total. The van der Waals surface area contributed by atoms with Crippen molar-refractivity contribution in [2.75, 3.05) is 37.5 Å². The largest absolute Gasteiger partial charge is 0.394 e. The first-order valence-corrected chi connectivity index (χ1v) is 6.28. The van der Waals surface area contributed by atoms with E-state index in [1.807, 2.05) is 6.92 Å². The molecule has 1 rings (SSSR count). The Balaban J connectivity index is 3.11. The minimum Gasteiger partial charge on any atom is -0.394 e. The smallest absolute Gasteiger partial charge is 0.135 e. The van der Waals surface area contributed by atoms with Gasteiger partial charge in [0.15, 0.2) is 0 Å². The molecule has 0 aliphatic heterocycles. The maximum Gasteiger partial charge on any atom is 0.135 e. The lowest BCUT2D eigenvalue weighted by molar-refractivity contribution is 0.0830. The number of aliphatic hydroxyl groups is 3. The van der Waals surface area contributed by atoms with Crippen LogP contribution in [0.2, 0.25) is 0 Å². The summed E-state index contributed by atoms with van der Waals surface area (Å²) in [7, 11) is 1.77. The highest BCUT2D eigenvalue weighted by molar-refractivity contribution is 5.58. The van der Waals surface area contributed by atoms with E-state index in [0.29, 0.717) is 11.6 Å². The third-order valence-corrected chi connectivity index (χ3v) is 2.97. The molecular weight excluding hydrogens is 248 g/mol. The average Bonchev–Trinajstić information content (AvgIpc) is 2.46. The van der Waals surface area contributed by atoms with Gasteiger partial charge in [-0.3, -0.25) is 0 Å². The van der Waals surface area contributed by atoms with Crippen molar-refractivity contribution in [3.63, 3.8) is 0 Å². The summed E-state index contributed by atoms with van der Waals surface area (Å²) in [6.07, 6.45) is 3.04. The van der Waals surface area contributed by atoms with E-state index < -0.39 is 25.4 Å². The van der Waals surface area contributed by atoms with E-state index in [4.69, 9.17) is 0 Å². The van der Waals surface area contributed by atoms with E-state index in [-0.39, 0.29) is 0 Å². The van der Waals surface area contributed by atoms with Crippen LogP contribution in [0.15, 0.2) is 6.33 Å². The van der Waals surface area contributed by atoms with Crippen LogP contribution < -0.4 is 10.6 Å². The quantitative estimate of drug-likeness (QED) is 0.437. The molecule has 0 aliphatic carbocycles. The van der Waals surface area contributed by atoms with E-state index in [2.05, 4.69) is 20.6 Å². The molecule has 0 atom stereocenters. The van der Waals surface area contributed by atoms with Crippen LogP contribution in [0.1, 0.15) is 18.9 Å². The first-order valence-electron chi connectivity index (χ1n) is 6.28. The van der Waals surface area contributed by atoms with Crippen LogP contribution in [0.25, 0.3) is 0 Å². The number of rotatable bonds is 8. The summed E-state index contributed by atoms with van der Waals surface area (Å²) in [5.74, 6) is 1.21. The van der Waals surface area contributed by atoms with Crippen molar-refractivity contribution in [2.45, 2.75) is 25.3 Å². The standard InChI is InChI=1S/C12H22N4O3/c1-3-4-9-10(13-2)14-8-15-11(9)16-12(5-17,6-18)7-19/h8,17-19H,3-7H2,1-2H3,(H2,13,14,15,16). The van der Waals surface area contributed by atoms with Gasteiger partial charge < -0.3 is 26.0 Å². The Labute approximate surface area is 112 Å². The molecule has 0 aromatic carbocycles. The molecule has 0 aliphatic rings. The lowest BCUT2D eigenvalue weighted by Crippen LogP contribution is -2.49. The molecule has 0 amide bonds. The second kappa shape index (κ2) is 7.22. The second-order valence-electron chi connectivity index (χ2n) is 4.43. The number of hydrogen-bond acceptors (Lipinski definition) is 7. The molecule has 0 spiro atoms. The molecule has 7 heteroatoms. The third kappa shape index (κ3) is 3.52. The lowest BCUT2D eigenvalue weighted by atomic mass is 10.0. The molecule has 5 N–H and O–H groups in total. The van der Waals surface area contributed by atoms with Crippen molar-refractivity contribution in [3.05, 3.63) is 11.9 Å². The summed E-state index contributed by atoms with van der Waals surface area (Å²) in [5.41, 5.74) is -0.325. The highest BCUT2D eigenvalue weighted by atomic mass is 16.3. The van der Waals surface area contributed by atoms with Gasteiger partial charge in [0.1, 0.15) is 23.5 Å². The summed E-state index contributed by atoms with van der Waals surface area (Å²) in [6, 6.07) is 0. The highest BCUT2D eigenvalue weighted by Crippen LogP contribution is 2.24. The maximum absolute atomic E-state index is 9.34. The number of hydrogen-bond donors (Lipinski definition) is 5. The molecular formula is C12H22N4O3. The number of nitrogens with one attached hydrogen (secondary N) is 2. The normalized spacial score (nSPS) is 11.4. The zero-order valence-corrected chi connectivity index (χ0v) is 11.3. The van der Waals surface area contributed by atoms with Crippen molar-refractivity contribution in [2.24, 2.45) is 0 Å². The number of nitrogens with zero attached hydrogens (tertiary/aromatic N) is 2. The molecule has 108 valence electrons. The molecule has 0 fully saturated rings. The predicted octanol–water partition coefficient (Wildman–Crippen LogP) is -0.402. The van der Waals surface area contributed by atoms with Crippen molar-refractivity contribution >= 4 is 11.6 Å². The summed E-state index contributed by atoms with van der Waals surface area (Å²) < 4.78 is 0. The van der Waals surface area contributed by atoms with Crippen LogP contribution in [0, 0.1) is 0 Å². The van der Waals surface area contributed by atoms with Gasteiger partial charge in [0, 0.05) is 12.6 Å². The van der Waals surface area contributed by atoms with Crippen LogP contribution in [0.4, 0.5) is 11.6 Å². The molecule has 0 saturated heterocycles. The second-order valence-corrected chi connectivity index (χ2v) is 4.43. The average molecular weight is 270 g/mol. The van der Waals surface area contributed by atoms with Crippen LogP contribution >= 0.6 is 0 Å². The number of anilines is 2. The van der Waals surface area contributed by atoms with Crippen LogP contribution in [-0.2, 0) is 6.42 Å². The highest BCUT2D eigenvalue weighted by Gasteiger charge is 2.29. The summed E-state index contributed by atoms with van der Waals surface area (Å²) in [4.78, 5) is 8.27. The Morgan fingerprint density at radius 1 is 1.11 bits per heavy atom. The Bertz CT molecular complexity index is 388. The number of aromatic nitrogens is 2. The van der Waals surface area contributed by atoms with Gasteiger partial charge in [-0.1, -0.05) is 13.3 Å². The van der Waals surface area contributed by atoms with Gasteiger partial charge in [-0.25, -0.2) is 9.97 Å².